The molecule has 1 aliphatic rings. The number of rotatable bonds is 9. The van der Waals surface area contributed by atoms with Crippen molar-refractivity contribution in [3.63, 3.8) is 0 Å². The summed E-state index contributed by atoms with van der Waals surface area (Å²) in [6, 6.07) is 12.6. The Hall–Kier alpha value is -3.41. The largest absolute Gasteiger partial charge is 0.494 e. The fraction of sp³-hybridized carbons (Fsp3) is 0.419. The van der Waals surface area contributed by atoms with Crippen LogP contribution in [0.25, 0.3) is 11.1 Å². The van der Waals surface area contributed by atoms with Gasteiger partial charge >= 0.3 is 5.97 Å². The zero-order valence-corrected chi connectivity index (χ0v) is 22.5. The molecule has 198 valence electrons. The standard InChI is InChI=1S/C31H38FNO4/c1-6-37-27-17-24(16-25(32)18-27)22-9-7-21(8-10-22)15-28(19(2)3)29(20(4)5)30(34)33-26-13-11-23(12-14-26)31(35)36/h7-10,16-18,23,26H,6,11-15H2,1-5H3,(H,33,34)(H,35,36). The monoisotopic (exact) mass is 507 g/mol. The molecular formula is C31H38FNO4. The van der Waals surface area contributed by atoms with Gasteiger partial charge in [0, 0.05) is 17.7 Å². The Morgan fingerprint density at radius 1 is 0.946 bits per heavy atom. The van der Waals surface area contributed by atoms with E-state index in [1.807, 2.05) is 65.0 Å². The summed E-state index contributed by atoms with van der Waals surface area (Å²) in [5.41, 5.74) is 6.36. The molecule has 3 rings (SSSR count). The van der Waals surface area contributed by atoms with E-state index in [1.165, 1.54) is 12.1 Å². The molecule has 0 aliphatic heterocycles. The second kappa shape index (κ2) is 12.7. The summed E-state index contributed by atoms with van der Waals surface area (Å²) in [5, 5.41) is 12.4. The molecule has 1 aliphatic carbocycles. The lowest BCUT2D eigenvalue weighted by Gasteiger charge is -2.28. The van der Waals surface area contributed by atoms with Crippen LogP contribution in [-0.2, 0) is 16.0 Å². The van der Waals surface area contributed by atoms with Crippen molar-refractivity contribution in [1.29, 1.82) is 0 Å². The number of hydrogen-bond acceptors (Lipinski definition) is 3. The smallest absolute Gasteiger partial charge is 0.306 e. The molecule has 2 N–H and O–H groups in total. The Morgan fingerprint density at radius 3 is 2.14 bits per heavy atom. The third-order valence-electron chi connectivity index (χ3n) is 6.89. The molecule has 1 fully saturated rings. The highest BCUT2D eigenvalue weighted by atomic mass is 19.1. The number of carbonyl (C=O) groups is 2. The van der Waals surface area contributed by atoms with Crippen molar-refractivity contribution in [2.24, 2.45) is 5.92 Å². The number of halogens is 1. The number of carbonyl (C=O) groups excluding carboxylic acids is 1. The number of hydrogen-bond donors (Lipinski definition) is 2. The molecule has 0 unspecified atom stereocenters. The van der Waals surface area contributed by atoms with Crippen LogP contribution in [0.2, 0.25) is 0 Å². The van der Waals surface area contributed by atoms with Crippen molar-refractivity contribution in [3.05, 3.63) is 76.1 Å². The van der Waals surface area contributed by atoms with Gasteiger partial charge in [-0.3, -0.25) is 9.59 Å². The van der Waals surface area contributed by atoms with Gasteiger partial charge in [-0.2, -0.15) is 0 Å². The SMILES string of the molecule is CCOc1cc(F)cc(-c2ccc(CC(=C(C)C)C(C(=O)NC3CCC(C(=O)O)CC3)=C(C)C)cc2)c1. The lowest BCUT2D eigenvalue weighted by molar-refractivity contribution is -0.142. The van der Waals surface area contributed by atoms with Crippen LogP contribution < -0.4 is 10.1 Å². The van der Waals surface area contributed by atoms with E-state index in [2.05, 4.69) is 5.32 Å². The van der Waals surface area contributed by atoms with Gasteiger partial charge in [0.2, 0.25) is 0 Å². The van der Waals surface area contributed by atoms with E-state index in [0.29, 0.717) is 50.0 Å². The second-order valence-corrected chi connectivity index (χ2v) is 10.2. The second-order valence-electron chi connectivity index (χ2n) is 10.2. The molecule has 1 saturated carbocycles. The quantitative estimate of drug-likeness (QED) is 0.287. The molecule has 0 bridgehead atoms. The molecule has 0 spiro atoms. The third-order valence-corrected chi connectivity index (χ3v) is 6.89. The molecule has 6 heteroatoms. The lowest BCUT2D eigenvalue weighted by atomic mass is 9.85. The van der Waals surface area contributed by atoms with Gasteiger partial charge in [-0.15, -0.1) is 0 Å². The summed E-state index contributed by atoms with van der Waals surface area (Å²) in [7, 11) is 0. The van der Waals surface area contributed by atoms with Crippen LogP contribution in [0.4, 0.5) is 4.39 Å². The molecule has 0 saturated heterocycles. The van der Waals surface area contributed by atoms with Crippen molar-refractivity contribution in [1.82, 2.24) is 5.32 Å². The number of aliphatic carboxylic acids is 1. The normalized spacial score (nSPS) is 17.0. The van der Waals surface area contributed by atoms with Crippen molar-refractivity contribution in [2.45, 2.75) is 72.8 Å². The van der Waals surface area contributed by atoms with Crippen molar-refractivity contribution in [2.75, 3.05) is 6.61 Å². The Kier molecular flexibility index (Phi) is 9.67. The van der Waals surface area contributed by atoms with E-state index in [4.69, 9.17) is 4.74 Å². The number of carboxylic acids is 1. The van der Waals surface area contributed by atoms with Gasteiger partial charge in [0.05, 0.1) is 12.5 Å². The molecular weight excluding hydrogens is 469 g/mol. The van der Waals surface area contributed by atoms with E-state index in [0.717, 1.165) is 33.4 Å². The first-order valence-corrected chi connectivity index (χ1v) is 13.0. The van der Waals surface area contributed by atoms with Crippen molar-refractivity contribution in [3.8, 4) is 16.9 Å². The summed E-state index contributed by atoms with van der Waals surface area (Å²) >= 11 is 0. The Balaban J connectivity index is 1.76. The minimum atomic E-state index is -0.750. The van der Waals surface area contributed by atoms with Gasteiger partial charge in [0.1, 0.15) is 11.6 Å². The molecule has 37 heavy (non-hydrogen) atoms. The number of ether oxygens (including phenoxy) is 1. The van der Waals surface area contributed by atoms with Gasteiger partial charge in [-0.25, -0.2) is 4.39 Å². The highest BCUT2D eigenvalue weighted by molar-refractivity contribution is 5.99. The first-order chi connectivity index (χ1) is 17.6. The van der Waals surface area contributed by atoms with Crippen LogP contribution >= 0.6 is 0 Å². The zero-order chi connectivity index (χ0) is 27.1. The van der Waals surface area contributed by atoms with Crippen LogP contribution in [0.15, 0.2) is 64.8 Å². The Bertz CT molecular complexity index is 1180. The highest BCUT2D eigenvalue weighted by Gasteiger charge is 2.28. The molecule has 5 nitrogen and oxygen atoms in total. The maximum absolute atomic E-state index is 14.1. The molecule has 0 radical (unpaired) electrons. The first-order valence-electron chi connectivity index (χ1n) is 13.0. The number of allylic oxidation sites excluding steroid dienone is 2. The fourth-order valence-corrected chi connectivity index (χ4v) is 4.92. The van der Waals surface area contributed by atoms with Crippen LogP contribution in [0.3, 0.4) is 0 Å². The average molecular weight is 508 g/mol. The minimum Gasteiger partial charge on any atom is -0.494 e. The van der Waals surface area contributed by atoms with Gasteiger partial charge in [-0.1, -0.05) is 35.4 Å². The third kappa shape index (κ3) is 7.54. The fourth-order valence-electron chi connectivity index (χ4n) is 4.92. The summed E-state index contributed by atoms with van der Waals surface area (Å²) in [5.74, 6) is -1.00. The van der Waals surface area contributed by atoms with E-state index in [-0.39, 0.29) is 23.7 Å². The number of amides is 1. The Morgan fingerprint density at radius 2 is 1.59 bits per heavy atom. The van der Waals surface area contributed by atoms with E-state index < -0.39 is 5.97 Å². The van der Waals surface area contributed by atoms with E-state index in [9.17, 15) is 19.1 Å². The van der Waals surface area contributed by atoms with Crippen molar-refractivity contribution < 1.29 is 23.8 Å². The van der Waals surface area contributed by atoms with Gasteiger partial charge in [0.15, 0.2) is 0 Å². The van der Waals surface area contributed by atoms with E-state index >= 15 is 0 Å². The topological polar surface area (TPSA) is 75.6 Å². The zero-order valence-electron chi connectivity index (χ0n) is 22.5. The van der Waals surface area contributed by atoms with Crippen molar-refractivity contribution >= 4 is 11.9 Å². The Labute approximate surface area is 219 Å². The molecule has 2 aromatic carbocycles. The van der Waals surface area contributed by atoms with Gasteiger partial charge in [-0.05, 0) is 101 Å². The van der Waals surface area contributed by atoms with E-state index in [1.54, 1.807) is 0 Å². The van der Waals surface area contributed by atoms with Gasteiger partial charge in [0.25, 0.3) is 5.91 Å². The maximum atomic E-state index is 14.1. The highest BCUT2D eigenvalue weighted by Crippen LogP contribution is 2.29. The van der Waals surface area contributed by atoms with Crippen LogP contribution in [0.1, 0.15) is 65.9 Å². The van der Waals surface area contributed by atoms with Crippen LogP contribution in [0.5, 0.6) is 5.75 Å². The minimum absolute atomic E-state index is 0.0111. The van der Waals surface area contributed by atoms with Gasteiger partial charge < -0.3 is 15.2 Å². The first kappa shape index (κ1) is 28.2. The summed E-state index contributed by atoms with van der Waals surface area (Å²) in [4.78, 5) is 24.6. The lowest BCUT2D eigenvalue weighted by Crippen LogP contribution is -2.40. The van der Waals surface area contributed by atoms with Crippen LogP contribution in [0, 0.1) is 11.7 Å². The summed E-state index contributed by atoms with van der Waals surface area (Å²) in [6.07, 6.45) is 3.12. The number of benzene rings is 2. The molecule has 0 aromatic heterocycles. The predicted octanol–water partition coefficient (Wildman–Crippen LogP) is 6.87. The maximum Gasteiger partial charge on any atom is 0.306 e. The number of nitrogens with one attached hydrogen (secondary N) is 1. The number of carboxylic acid groups (broad SMARTS) is 1. The summed E-state index contributed by atoms with van der Waals surface area (Å²) in [6.45, 7) is 10.3. The average Bonchev–Trinajstić information content (AvgIpc) is 2.84. The molecule has 0 atom stereocenters. The molecule has 0 heterocycles. The van der Waals surface area contributed by atoms with Crippen LogP contribution in [-0.4, -0.2) is 29.6 Å². The summed E-state index contributed by atoms with van der Waals surface area (Å²) < 4.78 is 19.6. The molecule has 1 amide bonds. The predicted molar refractivity (Wildman–Crippen MR) is 145 cm³/mol. The molecule has 2 aromatic rings.